The van der Waals surface area contributed by atoms with Crippen LogP contribution in [0.4, 0.5) is 0 Å². The highest BCUT2D eigenvalue weighted by Crippen LogP contribution is 2.24. The molecular weight excluding hydrogens is 375 g/mol. The minimum absolute atomic E-state index is 0.0811. The van der Waals surface area contributed by atoms with Gasteiger partial charge < -0.3 is 9.05 Å². The molecule has 7 heteroatoms. The first kappa shape index (κ1) is 25.4. The highest BCUT2D eigenvalue weighted by Gasteiger charge is 2.21. The summed E-state index contributed by atoms with van der Waals surface area (Å²) in [6, 6.07) is 0. The first-order valence-electron chi connectivity index (χ1n) is 8.88. The minimum Gasteiger partial charge on any atom is -0.336 e. The maximum absolute atomic E-state index is 11.7. The van der Waals surface area contributed by atoms with Crippen molar-refractivity contribution in [3.8, 4) is 0 Å². The van der Waals surface area contributed by atoms with Crippen molar-refractivity contribution in [2.45, 2.75) is 67.2 Å². The van der Waals surface area contributed by atoms with Gasteiger partial charge in [-0.3, -0.25) is 9.59 Å². The lowest BCUT2D eigenvalue weighted by molar-refractivity contribution is -0.118. The number of hydrogen-bond acceptors (Lipinski definition) is 6. The van der Waals surface area contributed by atoms with E-state index in [1.807, 2.05) is 41.5 Å². The number of hydrogen-bond donors (Lipinski definition) is 0. The summed E-state index contributed by atoms with van der Waals surface area (Å²) >= 11 is 2.83. The number of thioether (sulfide) groups is 2. The van der Waals surface area contributed by atoms with Crippen LogP contribution in [0.3, 0.4) is 0 Å². The van der Waals surface area contributed by atoms with E-state index in [1.54, 1.807) is 0 Å². The van der Waals surface area contributed by atoms with Crippen molar-refractivity contribution >= 4 is 42.8 Å². The van der Waals surface area contributed by atoms with Crippen LogP contribution in [0.2, 0.25) is 0 Å². The summed E-state index contributed by atoms with van der Waals surface area (Å²) in [6.07, 6.45) is 3.87. The van der Waals surface area contributed by atoms with Crippen LogP contribution in [0, 0.1) is 10.8 Å². The van der Waals surface area contributed by atoms with Crippen molar-refractivity contribution in [1.29, 1.82) is 0 Å². The first-order valence-corrected chi connectivity index (χ1v) is 11.7. The molecule has 25 heavy (non-hydrogen) atoms. The Bertz CT molecular complexity index is 354. The molecule has 0 bridgehead atoms. The van der Waals surface area contributed by atoms with Gasteiger partial charge in [-0.1, -0.05) is 65.1 Å². The van der Waals surface area contributed by atoms with E-state index >= 15 is 0 Å². The third-order valence-corrected chi connectivity index (χ3v) is 6.47. The molecule has 148 valence electrons. The van der Waals surface area contributed by atoms with Crippen molar-refractivity contribution in [2.24, 2.45) is 10.8 Å². The van der Waals surface area contributed by atoms with Crippen LogP contribution in [0.1, 0.15) is 67.2 Å². The second-order valence-corrected chi connectivity index (χ2v) is 10.8. The lowest BCUT2D eigenvalue weighted by atomic mass is 9.99. The molecular formula is C18H35O4PS2. The first-order chi connectivity index (χ1) is 11.5. The van der Waals surface area contributed by atoms with Crippen molar-refractivity contribution in [1.82, 2.24) is 0 Å². The molecule has 0 aromatic heterocycles. The molecule has 0 fully saturated rings. The Morgan fingerprint density at radius 2 is 1.08 bits per heavy atom. The molecule has 0 aliphatic heterocycles. The van der Waals surface area contributed by atoms with Gasteiger partial charge in [0.15, 0.2) is 19.3 Å². The van der Waals surface area contributed by atoms with Crippen LogP contribution in [-0.2, 0) is 18.6 Å². The largest absolute Gasteiger partial charge is 0.336 e. The van der Waals surface area contributed by atoms with Gasteiger partial charge in [-0.15, -0.1) is 0 Å². The van der Waals surface area contributed by atoms with Crippen LogP contribution in [-0.4, -0.2) is 35.0 Å². The van der Waals surface area contributed by atoms with E-state index in [0.717, 1.165) is 37.2 Å². The van der Waals surface area contributed by atoms with Crippen LogP contribution in [0.5, 0.6) is 0 Å². The topological polar surface area (TPSA) is 52.6 Å². The van der Waals surface area contributed by atoms with Gasteiger partial charge in [0.1, 0.15) is 0 Å². The normalized spacial score (nSPS) is 12.4. The van der Waals surface area contributed by atoms with Gasteiger partial charge in [0, 0.05) is 22.3 Å². The lowest BCUT2D eigenvalue weighted by Gasteiger charge is -2.15. The number of rotatable bonds is 12. The molecule has 0 N–H and O–H groups in total. The van der Waals surface area contributed by atoms with Crippen LogP contribution in [0.25, 0.3) is 0 Å². The van der Waals surface area contributed by atoms with E-state index in [-0.39, 0.29) is 30.1 Å². The van der Waals surface area contributed by atoms with Crippen LogP contribution >= 0.6 is 32.6 Å². The Morgan fingerprint density at radius 1 is 0.720 bits per heavy atom. The molecule has 0 heterocycles. The maximum Gasteiger partial charge on any atom is 0.194 e. The van der Waals surface area contributed by atoms with E-state index in [1.165, 1.54) is 23.5 Å². The average molecular weight is 411 g/mol. The second-order valence-electron chi connectivity index (χ2n) is 7.97. The van der Waals surface area contributed by atoms with E-state index < -0.39 is 0 Å². The van der Waals surface area contributed by atoms with Gasteiger partial charge in [0.2, 0.25) is 0 Å². The molecule has 0 rings (SSSR count). The van der Waals surface area contributed by atoms with E-state index in [2.05, 4.69) is 0 Å². The molecule has 0 radical (unpaired) electrons. The molecule has 0 saturated heterocycles. The summed E-state index contributed by atoms with van der Waals surface area (Å²) in [4.78, 5) is 23.5. The quantitative estimate of drug-likeness (QED) is 0.304. The van der Waals surface area contributed by atoms with Crippen molar-refractivity contribution in [3.05, 3.63) is 0 Å². The zero-order chi connectivity index (χ0) is 19.3. The fraction of sp³-hybridized carbons (Fsp3) is 0.889. The van der Waals surface area contributed by atoms with E-state index in [4.69, 9.17) is 9.05 Å². The monoisotopic (exact) mass is 410 g/mol. The van der Waals surface area contributed by atoms with Gasteiger partial charge in [-0.25, -0.2) is 0 Å². The van der Waals surface area contributed by atoms with Gasteiger partial charge in [0.05, 0.1) is 13.2 Å². The van der Waals surface area contributed by atoms with Crippen molar-refractivity contribution in [2.75, 3.05) is 24.7 Å². The van der Waals surface area contributed by atoms with Gasteiger partial charge in [-0.2, -0.15) is 0 Å². The number of carbonyl (C=O) groups excluding carboxylic acids is 2. The Morgan fingerprint density at radius 3 is 1.40 bits per heavy atom. The number of carbonyl (C=O) groups is 2. The molecule has 0 atom stereocenters. The second kappa shape index (κ2) is 13.5. The Kier molecular flexibility index (Phi) is 13.8. The SMILES string of the molecule is CC(C)(C)C(=O)SCCCCOPOCCCCSC(=O)C(C)(C)C. The van der Waals surface area contributed by atoms with Gasteiger partial charge in [0.25, 0.3) is 0 Å². The predicted octanol–water partition coefficient (Wildman–Crippen LogP) is 5.70. The molecule has 0 saturated carbocycles. The molecule has 0 unspecified atom stereocenters. The third-order valence-electron chi connectivity index (χ3n) is 3.09. The average Bonchev–Trinajstić information content (AvgIpc) is 2.49. The fourth-order valence-corrected chi connectivity index (χ4v) is 3.91. The Hall–Kier alpha value is 0.390. The summed E-state index contributed by atoms with van der Waals surface area (Å²) < 4.78 is 10.9. The molecule has 0 spiro atoms. The van der Waals surface area contributed by atoms with Crippen LogP contribution in [0.15, 0.2) is 0 Å². The third kappa shape index (κ3) is 15.2. The van der Waals surface area contributed by atoms with Crippen molar-refractivity contribution in [3.63, 3.8) is 0 Å². The fourth-order valence-electron chi connectivity index (χ4n) is 1.44. The summed E-state index contributed by atoms with van der Waals surface area (Å²) in [5.41, 5.74) is -0.510. The predicted molar refractivity (Wildman–Crippen MR) is 113 cm³/mol. The highest BCUT2D eigenvalue weighted by atomic mass is 32.2. The van der Waals surface area contributed by atoms with Gasteiger partial charge >= 0.3 is 0 Å². The molecule has 0 aromatic carbocycles. The summed E-state index contributed by atoms with van der Waals surface area (Å²) in [6.45, 7) is 13.1. The van der Waals surface area contributed by atoms with E-state index in [9.17, 15) is 9.59 Å². The van der Waals surface area contributed by atoms with Crippen LogP contribution < -0.4 is 0 Å². The molecule has 0 aromatic rings. The van der Waals surface area contributed by atoms with Gasteiger partial charge in [-0.05, 0) is 25.7 Å². The molecule has 0 amide bonds. The molecule has 0 aliphatic carbocycles. The zero-order valence-corrected chi connectivity index (χ0v) is 19.2. The smallest absolute Gasteiger partial charge is 0.194 e. The molecule has 0 aliphatic rings. The summed E-state index contributed by atoms with van der Waals surface area (Å²) in [5, 5.41) is 0.502. The standard InChI is InChI=1S/C18H35O4PS2/c1-17(2,3)15(19)24-13-9-7-11-21-23-22-12-8-10-14-25-16(20)18(4,5)6/h23H,7-14H2,1-6H3. The van der Waals surface area contributed by atoms with Crippen molar-refractivity contribution < 1.29 is 18.6 Å². The Balaban J connectivity index is 3.30. The summed E-state index contributed by atoms with van der Waals surface area (Å²) in [5.74, 6) is 1.71. The Labute approximate surface area is 164 Å². The maximum atomic E-state index is 11.7. The highest BCUT2D eigenvalue weighted by molar-refractivity contribution is 8.14. The van der Waals surface area contributed by atoms with E-state index in [0.29, 0.717) is 13.2 Å². The minimum atomic E-state index is -0.255. The zero-order valence-electron chi connectivity index (χ0n) is 16.6. The summed E-state index contributed by atoms with van der Waals surface area (Å²) in [7, 11) is 0.0811. The lowest BCUT2D eigenvalue weighted by Crippen LogP contribution is -2.16. The number of unbranched alkanes of at least 4 members (excludes halogenated alkanes) is 2. The molecule has 4 nitrogen and oxygen atoms in total.